The number of hydrazone groups is 1. The van der Waals surface area contributed by atoms with E-state index >= 15 is 0 Å². The second-order valence-electron chi connectivity index (χ2n) is 6.77. The fourth-order valence-corrected chi connectivity index (χ4v) is 4.18. The van der Waals surface area contributed by atoms with Gasteiger partial charge in [0, 0.05) is 23.8 Å². The number of nitrogens with zero attached hydrogens (tertiary/aromatic N) is 2. The Labute approximate surface area is 195 Å². The maximum absolute atomic E-state index is 13.1. The molecule has 0 heterocycles. The van der Waals surface area contributed by atoms with Crippen LogP contribution in [-0.4, -0.2) is 38.4 Å². The Balaban J connectivity index is 1.93. The van der Waals surface area contributed by atoms with Crippen molar-refractivity contribution in [2.24, 2.45) is 5.10 Å². The number of nitro groups is 1. The molecule has 0 aliphatic heterocycles. The van der Waals surface area contributed by atoms with E-state index in [2.05, 4.69) is 15.2 Å². The summed E-state index contributed by atoms with van der Waals surface area (Å²) in [6.07, 6.45) is 1.27. The maximum Gasteiger partial charge on any atom is 0.270 e. The molecule has 0 unspecified atom stereocenters. The predicted octanol–water partition coefficient (Wildman–Crippen LogP) is 3.95. The Bertz CT molecular complexity index is 1330. The zero-order chi connectivity index (χ0) is 24.7. The number of phenolic OH excluding ortho intramolecular Hbond substituents is 1. The average molecular weight is 487 g/mol. The number of ether oxygens (including phenoxy) is 2. The minimum Gasteiger partial charge on any atom is -0.507 e. The maximum atomic E-state index is 13.1. The van der Waals surface area contributed by atoms with Gasteiger partial charge in [-0.15, -0.1) is 0 Å². The molecule has 0 atom stereocenters. The zero-order valence-corrected chi connectivity index (χ0v) is 19.1. The number of non-ortho nitro benzene ring substituents is 1. The van der Waals surface area contributed by atoms with Gasteiger partial charge in [-0.25, -0.2) is 8.42 Å². The van der Waals surface area contributed by atoms with Crippen LogP contribution in [0.5, 0.6) is 17.2 Å². The van der Waals surface area contributed by atoms with Gasteiger partial charge in [0.1, 0.15) is 22.1 Å². The predicted molar refractivity (Wildman–Crippen MR) is 127 cm³/mol. The van der Waals surface area contributed by atoms with Crippen LogP contribution in [0.3, 0.4) is 0 Å². The lowest BCUT2D eigenvalue weighted by molar-refractivity contribution is -0.385. The average Bonchev–Trinajstić information content (AvgIpc) is 2.80. The summed E-state index contributed by atoms with van der Waals surface area (Å²) in [6, 6.07) is 14.3. The number of benzene rings is 3. The van der Waals surface area contributed by atoms with Gasteiger partial charge in [0.15, 0.2) is 0 Å². The second-order valence-corrected chi connectivity index (χ2v) is 8.42. The normalized spacial score (nSPS) is 11.2. The van der Waals surface area contributed by atoms with Crippen molar-refractivity contribution in [2.45, 2.75) is 11.8 Å². The first-order valence-corrected chi connectivity index (χ1v) is 11.4. The fraction of sp³-hybridized carbons (Fsp3) is 0.136. The van der Waals surface area contributed by atoms with Crippen LogP contribution >= 0.6 is 0 Å². The molecule has 3 aromatic carbocycles. The molecule has 0 bridgehead atoms. The molecular formula is C22H22N4O7S. The number of nitrogens with one attached hydrogen (secondary N) is 2. The highest BCUT2D eigenvalue weighted by molar-refractivity contribution is 7.93. The molecule has 0 aromatic heterocycles. The van der Waals surface area contributed by atoms with Crippen LogP contribution in [0.15, 0.2) is 70.7 Å². The van der Waals surface area contributed by atoms with Gasteiger partial charge >= 0.3 is 0 Å². The third-order valence-corrected chi connectivity index (χ3v) is 5.92. The fourth-order valence-electron chi connectivity index (χ4n) is 2.93. The molecular weight excluding hydrogens is 464 g/mol. The van der Waals surface area contributed by atoms with Gasteiger partial charge in [-0.05, 0) is 37.3 Å². The summed E-state index contributed by atoms with van der Waals surface area (Å²) in [5.74, 6) is 0.664. The molecule has 3 rings (SSSR count). The van der Waals surface area contributed by atoms with Crippen molar-refractivity contribution in [1.29, 1.82) is 0 Å². The molecule has 0 saturated heterocycles. The highest BCUT2D eigenvalue weighted by Gasteiger charge is 2.23. The number of hydrogen-bond donors (Lipinski definition) is 3. The molecule has 0 spiro atoms. The summed E-state index contributed by atoms with van der Waals surface area (Å²) in [4.78, 5) is 10.1. The molecule has 0 radical (unpaired) electrons. The minimum absolute atomic E-state index is 0.0188. The smallest absolute Gasteiger partial charge is 0.270 e. The first-order valence-electron chi connectivity index (χ1n) is 9.94. The molecule has 11 nitrogen and oxygen atoms in total. The van der Waals surface area contributed by atoms with E-state index in [0.717, 1.165) is 12.1 Å². The van der Waals surface area contributed by atoms with E-state index in [-0.39, 0.29) is 22.9 Å². The van der Waals surface area contributed by atoms with Crippen LogP contribution in [0.2, 0.25) is 0 Å². The highest BCUT2D eigenvalue weighted by Crippen LogP contribution is 2.31. The van der Waals surface area contributed by atoms with E-state index in [1.165, 1.54) is 31.5 Å². The first-order chi connectivity index (χ1) is 16.2. The second kappa shape index (κ2) is 10.5. The summed E-state index contributed by atoms with van der Waals surface area (Å²) >= 11 is 0. The molecule has 3 N–H and O–H groups in total. The minimum atomic E-state index is -4.28. The zero-order valence-electron chi connectivity index (χ0n) is 18.3. The van der Waals surface area contributed by atoms with Crippen molar-refractivity contribution in [3.63, 3.8) is 0 Å². The van der Waals surface area contributed by atoms with Gasteiger partial charge in [0.25, 0.3) is 15.7 Å². The van der Waals surface area contributed by atoms with Crippen molar-refractivity contribution < 1.29 is 27.9 Å². The molecule has 12 heteroatoms. The van der Waals surface area contributed by atoms with Gasteiger partial charge in [0.05, 0.1) is 36.2 Å². The lowest BCUT2D eigenvalue weighted by Crippen LogP contribution is -2.15. The van der Waals surface area contributed by atoms with Crippen LogP contribution in [0.1, 0.15) is 12.5 Å². The lowest BCUT2D eigenvalue weighted by atomic mass is 10.2. The molecule has 0 amide bonds. The van der Waals surface area contributed by atoms with E-state index in [9.17, 15) is 23.6 Å². The number of sulfonamides is 1. The van der Waals surface area contributed by atoms with Gasteiger partial charge in [-0.3, -0.25) is 20.3 Å². The summed E-state index contributed by atoms with van der Waals surface area (Å²) in [7, 11) is -2.90. The SMILES string of the molecule is CCOc1ccc(C=NNc2ccc([N+](=O)[O-])cc2S(=O)(=O)Nc2ccccc2OC)c(O)c1. The number of phenols is 1. The van der Waals surface area contributed by atoms with E-state index in [0.29, 0.717) is 17.9 Å². The van der Waals surface area contributed by atoms with Gasteiger partial charge in [-0.1, -0.05) is 12.1 Å². The van der Waals surface area contributed by atoms with Crippen LogP contribution in [0.4, 0.5) is 17.1 Å². The van der Waals surface area contributed by atoms with Crippen LogP contribution in [0.25, 0.3) is 0 Å². The standard InChI is InChI=1S/C22H22N4O7S/c1-3-33-17-10-8-15(20(27)13-17)14-23-24-19-11-9-16(26(28)29)12-22(19)34(30,31)25-18-6-4-5-7-21(18)32-2/h4-14,24-25,27H,3H2,1-2H3. The number of anilines is 2. The Morgan fingerprint density at radius 2 is 1.88 bits per heavy atom. The molecule has 0 fully saturated rings. The third-order valence-electron chi connectivity index (χ3n) is 4.52. The van der Waals surface area contributed by atoms with Gasteiger partial charge < -0.3 is 14.6 Å². The molecule has 0 aliphatic carbocycles. The van der Waals surface area contributed by atoms with Crippen molar-refractivity contribution in [1.82, 2.24) is 0 Å². The lowest BCUT2D eigenvalue weighted by Gasteiger charge is -2.14. The van der Waals surface area contributed by atoms with Crippen molar-refractivity contribution in [3.8, 4) is 17.2 Å². The topological polar surface area (TPSA) is 152 Å². The van der Waals surface area contributed by atoms with E-state index in [4.69, 9.17) is 9.47 Å². The number of rotatable bonds is 10. The Kier molecular flexibility index (Phi) is 7.53. The number of para-hydroxylation sites is 2. The van der Waals surface area contributed by atoms with Crippen molar-refractivity contribution in [2.75, 3.05) is 23.9 Å². The molecule has 0 aliphatic rings. The summed E-state index contributed by atoms with van der Waals surface area (Å²) in [6.45, 7) is 2.25. The van der Waals surface area contributed by atoms with Crippen LogP contribution in [-0.2, 0) is 10.0 Å². The molecule has 0 saturated carbocycles. The third kappa shape index (κ3) is 5.72. The summed E-state index contributed by atoms with van der Waals surface area (Å²) in [5.41, 5.74) is 2.63. The van der Waals surface area contributed by atoms with Gasteiger partial charge in [0.2, 0.25) is 0 Å². The monoisotopic (exact) mass is 486 g/mol. The molecule has 178 valence electrons. The van der Waals surface area contributed by atoms with Gasteiger partial charge in [-0.2, -0.15) is 5.10 Å². The first kappa shape index (κ1) is 24.3. The Morgan fingerprint density at radius 1 is 1.12 bits per heavy atom. The van der Waals surface area contributed by atoms with E-state index in [1.807, 2.05) is 6.92 Å². The largest absolute Gasteiger partial charge is 0.507 e. The number of nitro benzene ring substituents is 1. The van der Waals surface area contributed by atoms with Crippen LogP contribution in [0, 0.1) is 10.1 Å². The molecule has 34 heavy (non-hydrogen) atoms. The highest BCUT2D eigenvalue weighted by atomic mass is 32.2. The Morgan fingerprint density at radius 3 is 2.56 bits per heavy atom. The van der Waals surface area contributed by atoms with E-state index in [1.54, 1.807) is 30.3 Å². The molecule has 3 aromatic rings. The van der Waals surface area contributed by atoms with Crippen LogP contribution < -0.4 is 19.6 Å². The van der Waals surface area contributed by atoms with Crippen molar-refractivity contribution in [3.05, 3.63) is 76.3 Å². The van der Waals surface area contributed by atoms with E-state index < -0.39 is 25.5 Å². The number of methoxy groups -OCH3 is 1. The Hall–Kier alpha value is -4.32. The number of hydrogen-bond acceptors (Lipinski definition) is 9. The van der Waals surface area contributed by atoms with Crippen molar-refractivity contribution >= 4 is 33.3 Å². The summed E-state index contributed by atoms with van der Waals surface area (Å²) < 4.78 is 39.1. The summed E-state index contributed by atoms with van der Waals surface area (Å²) in [5, 5.41) is 25.3. The quantitative estimate of drug-likeness (QED) is 0.221. The number of aromatic hydroxyl groups is 1.